The van der Waals surface area contributed by atoms with E-state index in [2.05, 4.69) is 20.8 Å². The predicted octanol–water partition coefficient (Wildman–Crippen LogP) is 5.61. The molecule has 1 fully saturated rings. The van der Waals surface area contributed by atoms with Crippen molar-refractivity contribution in [2.24, 2.45) is 5.92 Å². The van der Waals surface area contributed by atoms with Gasteiger partial charge in [-0.15, -0.1) is 5.10 Å². The maximum atomic E-state index is 13.3. The Kier molecular flexibility index (Phi) is 6.88. The number of nitrogens with one attached hydrogen (secondary N) is 2. The molecule has 10 heteroatoms. The van der Waals surface area contributed by atoms with Gasteiger partial charge in [0.2, 0.25) is 0 Å². The molecule has 172 valence electrons. The van der Waals surface area contributed by atoms with Crippen LogP contribution in [0.25, 0.3) is 0 Å². The Hall–Kier alpha value is -3.46. The lowest BCUT2D eigenvalue weighted by Gasteiger charge is -2.28. The monoisotopic (exact) mass is 472 g/mol. The average molecular weight is 473 g/mol. The van der Waals surface area contributed by atoms with E-state index in [9.17, 15) is 14.0 Å². The Labute approximate surface area is 194 Å². The molecule has 0 aliphatic heterocycles. The second-order valence-electron chi connectivity index (χ2n) is 8.06. The van der Waals surface area contributed by atoms with E-state index < -0.39 is 17.7 Å². The van der Waals surface area contributed by atoms with E-state index in [0.717, 1.165) is 25.7 Å². The lowest BCUT2D eigenvalue weighted by molar-refractivity contribution is -0.138. The molecule has 8 nitrogen and oxygen atoms in total. The van der Waals surface area contributed by atoms with Gasteiger partial charge in [-0.05, 0) is 73.4 Å². The highest BCUT2D eigenvalue weighted by Crippen LogP contribution is 2.37. The normalized spacial score (nSPS) is 18.0. The van der Waals surface area contributed by atoms with Crippen LogP contribution in [0.4, 0.5) is 21.8 Å². The van der Waals surface area contributed by atoms with Crippen molar-refractivity contribution in [3.63, 3.8) is 0 Å². The fraction of sp³-hybridized carbons (Fsp3) is 0.304. The zero-order valence-corrected chi connectivity index (χ0v) is 18.3. The summed E-state index contributed by atoms with van der Waals surface area (Å²) in [7, 11) is 0. The standard InChI is InChI=1S/C23H22ClFN4O4/c24-18-12-17(9-10-19(18)25)27-23-29-28-22(33-23)21(32)26-16-7-5-15(6-8-16)14-3-1-13(2-4-14)11-20(30)31/h5-10,12-14H,1-4,11H2,(H,26,32)(H,27,29)(H,30,31)/t13-,14-. The fourth-order valence-electron chi connectivity index (χ4n) is 4.03. The Morgan fingerprint density at radius 3 is 2.42 bits per heavy atom. The second kappa shape index (κ2) is 9.99. The zero-order valence-electron chi connectivity index (χ0n) is 17.6. The number of nitrogens with zero attached hydrogens (tertiary/aromatic N) is 2. The minimum Gasteiger partial charge on any atom is -0.481 e. The molecule has 1 aromatic heterocycles. The van der Waals surface area contributed by atoms with Crippen LogP contribution in [0.2, 0.25) is 5.02 Å². The molecule has 3 aromatic rings. The Balaban J connectivity index is 1.32. The van der Waals surface area contributed by atoms with Crippen LogP contribution in [0.15, 0.2) is 46.9 Å². The molecule has 0 bridgehead atoms. The zero-order chi connectivity index (χ0) is 23.4. The Bertz CT molecular complexity index is 1140. The van der Waals surface area contributed by atoms with Crippen LogP contribution in [0.1, 0.15) is 54.3 Å². The molecular weight excluding hydrogens is 451 g/mol. The van der Waals surface area contributed by atoms with Crippen molar-refractivity contribution in [2.75, 3.05) is 10.6 Å². The van der Waals surface area contributed by atoms with Crippen molar-refractivity contribution in [1.29, 1.82) is 0 Å². The van der Waals surface area contributed by atoms with Gasteiger partial charge >= 0.3 is 23.8 Å². The maximum Gasteiger partial charge on any atom is 0.320 e. The number of aromatic nitrogens is 2. The van der Waals surface area contributed by atoms with Crippen LogP contribution in [0.3, 0.4) is 0 Å². The summed E-state index contributed by atoms with van der Waals surface area (Å²) >= 11 is 5.74. The smallest absolute Gasteiger partial charge is 0.320 e. The van der Waals surface area contributed by atoms with Crippen molar-refractivity contribution < 1.29 is 23.5 Å². The van der Waals surface area contributed by atoms with E-state index in [-0.39, 0.29) is 29.3 Å². The number of anilines is 3. The summed E-state index contributed by atoms with van der Waals surface area (Å²) in [4.78, 5) is 23.3. The summed E-state index contributed by atoms with van der Waals surface area (Å²) in [5, 5.41) is 21.9. The van der Waals surface area contributed by atoms with Crippen molar-refractivity contribution in [2.45, 2.75) is 38.0 Å². The highest BCUT2D eigenvalue weighted by atomic mass is 35.5. The third-order valence-electron chi connectivity index (χ3n) is 5.74. The topological polar surface area (TPSA) is 117 Å². The molecule has 1 saturated carbocycles. The van der Waals surface area contributed by atoms with E-state index in [0.29, 0.717) is 17.3 Å². The van der Waals surface area contributed by atoms with E-state index in [1.807, 2.05) is 24.3 Å². The molecule has 33 heavy (non-hydrogen) atoms. The first-order valence-electron chi connectivity index (χ1n) is 10.6. The first-order chi connectivity index (χ1) is 15.9. The first kappa shape index (κ1) is 22.7. The Morgan fingerprint density at radius 2 is 1.76 bits per heavy atom. The second-order valence-corrected chi connectivity index (χ2v) is 8.47. The number of benzene rings is 2. The number of carboxylic acid groups (broad SMARTS) is 1. The number of carbonyl (C=O) groups is 2. The lowest BCUT2D eigenvalue weighted by Crippen LogP contribution is -2.16. The number of hydrogen-bond acceptors (Lipinski definition) is 6. The first-order valence-corrected chi connectivity index (χ1v) is 10.9. The molecular formula is C23H22ClFN4O4. The highest BCUT2D eigenvalue weighted by Gasteiger charge is 2.24. The van der Waals surface area contributed by atoms with Gasteiger partial charge in [-0.1, -0.05) is 28.8 Å². The highest BCUT2D eigenvalue weighted by molar-refractivity contribution is 6.31. The van der Waals surface area contributed by atoms with Gasteiger partial charge in [0.05, 0.1) is 5.02 Å². The van der Waals surface area contributed by atoms with Gasteiger partial charge in [0.15, 0.2) is 0 Å². The molecule has 0 spiro atoms. The number of rotatable bonds is 7. The van der Waals surface area contributed by atoms with Gasteiger partial charge < -0.3 is 20.2 Å². The van der Waals surface area contributed by atoms with Crippen molar-refractivity contribution in [3.8, 4) is 0 Å². The molecule has 1 amide bonds. The number of amides is 1. The molecule has 1 aliphatic rings. The quantitative estimate of drug-likeness (QED) is 0.409. The third kappa shape index (κ3) is 5.87. The molecule has 1 aliphatic carbocycles. The Morgan fingerprint density at radius 1 is 1.06 bits per heavy atom. The summed E-state index contributed by atoms with van der Waals surface area (Å²) in [6.07, 6.45) is 3.98. The van der Waals surface area contributed by atoms with Crippen LogP contribution in [0.5, 0.6) is 0 Å². The summed E-state index contributed by atoms with van der Waals surface area (Å²) in [6.45, 7) is 0. The van der Waals surface area contributed by atoms with Crippen molar-refractivity contribution >= 4 is 40.9 Å². The van der Waals surface area contributed by atoms with E-state index >= 15 is 0 Å². The summed E-state index contributed by atoms with van der Waals surface area (Å²) < 4.78 is 18.6. The molecule has 0 saturated heterocycles. The average Bonchev–Trinajstić information content (AvgIpc) is 3.26. The van der Waals surface area contributed by atoms with Gasteiger partial charge in [0.25, 0.3) is 0 Å². The predicted molar refractivity (Wildman–Crippen MR) is 120 cm³/mol. The molecule has 0 unspecified atom stereocenters. The van der Waals surface area contributed by atoms with Crippen LogP contribution in [-0.4, -0.2) is 27.2 Å². The molecule has 1 heterocycles. The van der Waals surface area contributed by atoms with Gasteiger partial charge in [0.1, 0.15) is 5.82 Å². The van der Waals surface area contributed by atoms with Crippen LogP contribution >= 0.6 is 11.6 Å². The number of hydrogen-bond donors (Lipinski definition) is 3. The number of halogens is 2. The van der Waals surface area contributed by atoms with Crippen molar-refractivity contribution in [1.82, 2.24) is 10.2 Å². The number of carboxylic acids is 1. The minimum atomic E-state index is -0.734. The van der Waals surface area contributed by atoms with Gasteiger partial charge in [0, 0.05) is 17.8 Å². The SMILES string of the molecule is O=C(O)C[C@H]1CC[C@H](c2ccc(NC(=O)c3nnc(Nc4ccc(F)c(Cl)c4)o3)cc2)CC1. The molecule has 0 atom stereocenters. The summed E-state index contributed by atoms with van der Waals surface area (Å²) in [5.74, 6) is -1.43. The minimum absolute atomic E-state index is 0.0309. The van der Waals surface area contributed by atoms with Crippen LogP contribution in [0, 0.1) is 11.7 Å². The van der Waals surface area contributed by atoms with Gasteiger partial charge in [-0.25, -0.2) is 4.39 Å². The van der Waals surface area contributed by atoms with E-state index in [1.54, 1.807) is 0 Å². The molecule has 3 N–H and O–H groups in total. The maximum absolute atomic E-state index is 13.3. The summed E-state index contributed by atoms with van der Waals surface area (Å²) in [5.41, 5.74) is 2.19. The van der Waals surface area contributed by atoms with E-state index in [4.69, 9.17) is 21.1 Å². The largest absolute Gasteiger partial charge is 0.481 e. The van der Waals surface area contributed by atoms with Crippen LogP contribution < -0.4 is 10.6 Å². The van der Waals surface area contributed by atoms with Crippen LogP contribution in [-0.2, 0) is 4.79 Å². The van der Waals surface area contributed by atoms with Gasteiger partial charge in [-0.3, -0.25) is 9.59 Å². The third-order valence-corrected chi connectivity index (χ3v) is 6.03. The number of aliphatic carboxylic acids is 1. The number of carbonyl (C=O) groups excluding carboxylic acids is 1. The van der Waals surface area contributed by atoms with Gasteiger partial charge in [-0.2, -0.15) is 0 Å². The van der Waals surface area contributed by atoms with E-state index in [1.165, 1.54) is 23.8 Å². The lowest BCUT2D eigenvalue weighted by atomic mass is 9.77. The molecule has 0 radical (unpaired) electrons. The summed E-state index contributed by atoms with van der Waals surface area (Å²) in [6, 6.07) is 11.5. The molecule has 4 rings (SSSR count). The fourth-order valence-corrected chi connectivity index (χ4v) is 4.21. The van der Waals surface area contributed by atoms with Crippen molar-refractivity contribution in [3.05, 3.63) is 64.8 Å². The molecule has 2 aromatic carbocycles.